The van der Waals surface area contributed by atoms with Crippen molar-refractivity contribution in [2.45, 2.75) is 25.9 Å². The van der Waals surface area contributed by atoms with Gasteiger partial charge in [0, 0.05) is 13.1 Å². The van der Waals surface area contributed by atoms with Gasteiger partial charge in [-0.25, -0.2) is 4.79 Å². The van der Waals surface area contributed by atoms with Gasteiger partial charge >= 0.3 is 5.97 Å². The third-order valence-electron chi connectivity index (χ3n) is 6.12. The molecular weight excluding hydrogens is 442 g/mol. The van der Waals surface area contributed by atoms with E-state index >= 15 is 0 Å². The molecule has 0 aliphatic carbocycles. The van der Waals surface area contributed by atoms with Gasteiger partial charge < -0.3 is 19.1 Å². The van der Waals surface area contributed by atoms with E-state index in [-0.39, 0.29) is 19.1 Å². The average molecular weight is 474 g/mol. The molecule has 6 nitrogen and oxygen atoms in total. The van der Waals surface area contributed by atoms with Crippen molar-refractivity contribution in [1.82, 2.24) is 4.90 Å². The summed E-state index contributed by atoms with van der Waals surface area (Å²) in [4.78, 5) is 26.3. The van der Waals surface area contributed by atoms with Crippen LogP contribution in [-0.4, -0.2) is 43.1 Å². The number of carbonyl (C=O) groups excluding carboxylic acids is 2. The summed E-state index contributed by atoms with van der Waals surface area (Å²) in [5.74, 6) is 1.09. The van der Waals surface area contributed by atoms with Crippen molar-refractivity contribution < 1.29 is 23.8 Å². The molecule has 182 valence electrons. The molecule has 35 heavy (non-hydrogen) atoms. The van der Waals surface area contributed by atoms with Crippen LogP contribution in [0.3, 0.4) is 0 Å². The fraction of sp³-hybridized carbons (Fsp3) is 0.310. The molecule has 1 heterocycles. The molecule has 0 unspecified atom stereocenters. The second kappa shape index (κ2) is 12.6. The lowest BCUT2D eigenvalue weighted by atomic mass is 9.90. The van der Waals surface area contributed by atoms with Gasteiger partial charge in [0.2, 0.25) is 0 Å². The summed E-state index contributed by atoms with van der Waals surface area (Å²) >= 11 is 0. The lowest BCUT2D eigenvalue weighted by Gasteiger charge is -2.32. The first-order valence-corrected chi connectivity index (χ1v) is 12.0. The second-order valence-corrected chi connectivity index (χ2v) is 8.71. The van der Waals surface area contributed by atoms with Crippen LogP contribution in [0.4, 0.5) is 0 Å². The Hall–Kier alpha value is -3.80. The maximum absolute atomic E-state index is 12.4. The molecule has 0 spiro atoms. The predicted molar refractivity (Wildman–Crippen MR) is 133 cm³/mol. The molecule has 0 radical (unpaired) electrons. The summed E-state index contributed by atoms with van der Waals surface area (Å²) in [6.07, 6.45) is 2.96. The molecule has 0 N–H and O–H groups in total. The summed E-state index contributed by atoms with van der Waals surface area (Å²) in [7, 11) is 0. The summed E-state index contributed by atoms with van der Waals surface area (Å²) in [6, 6.07) is 27.4. The molecule has 3 aromatic rings. The fourth-order valence-corrected chi connectivity index (χ4v) is 4.12. The molecule has 0 aromatic heterocycles. The number of piperidine rings is 1. The molecule has 1 aliphatic rings. The highest BCUT2D eigenvalue weighted by molar-refractivity contribution is 5.81. The molecule has 1 fully saturated rings. The number of nitrogens with zero attached hydrogens (tertiary/aromatic N) is 1. The first-order valence-electron chi connectivity index (χ1n) is 12.0. The van der Waals surface area contributed by atoms with E-state index in [4.69, 9.17) is 14.2 Å². The first kappa shape index (κ1) is 24.3. The molecule has 1 saturated heterocycles. The van der Waals surface area contributed by atoms with Crippen LogP contribution in [0.5, 0.6) is 11.5 Å². The molecular formula is C29H31NO5. The Morgan fingerprint density at radius 3 is 1.91 bits per heavy atom. The van der Waals surface area contributed by atoms with Crippen molar-refractivity contribution in [3.63, 3.8) is 0 Å². The minimum absolute atomic E-state index is 0.156. The molecule has 3 aromatic carbocycles. The highest BCUT2D eigenvalue weighted by Gasteiger charge is 2.23. The Morgan fingerprint density at radius 2 is 1.29 bits per heavy atom. The van der Waals surface area contributed by atoms with Crippen LogP contribution in [0.15, 0.2) is 84.9 Å². The highest BCUT2D eigenvalue weighted by atomic mass is 16.6. The predicted octanol–water partition coefficient (Wildman–Crippen LogP) is 4.67. The number of benzene rings is 3. The average Bonchev–Trinajstić information content (AvgIpc) is 2.91. The van der Waals surface area contributed by atoms with E-state index in [0.29, 0.717) is 37.1 Å². The molecule has 4 rings (SSSR count). The van der Waals surface area contributed by atoms with E-state index in [9.17, 15) is 9.59 Å². The minimum atomic E-state index is -0.568. The van der Waals surface area contributed by atoms with E-state index in [1.165, 1.54) is 5.56 Å². The number of likely N-dealkylation sites (tertiary alicyclic amines) is 1. The van der Waals surface area contributed by atoms with Gasteiger partial charge in [0.1, 0.15) is 18.1 Å². The molecule has 0 atom stereocenters. The third kappa shape index (κ3) is 7.88. The van der Waals surface area contributed by atoms with Crippen molar-refractivity contribution in [3.8, 4) is 11.5 Å². The standard InChI is InChI=1S/C29H31NO5/c31-28(30-17-15-24(16-18-30)19-23-7-3-1-4-8-23)21-35-29(32)22-34-27-13-11-26(12-14-27)33-20-25-9-5-2-6-10-25/h1-14,24H,15-22H2. The Kier molecular flexibility index (Phi) is 8.76. The van der Waals surface area contributed by atoms with Crippen molar-refractivity contribution in [3.05, 3.63) is 96.1 Å². The number of hydrogen-bond acceptors (Lipinski definition) is 5. The van der Waals surface area contributed by atoms with Gasteiger partial charge in [-0.3, -0.25) is 4.79 Å². The molecule has 1 aliphatic heterocycles. The zero-order valence-electron chi connectivity index (χ0n) is 19.8. The summed E-state index contributed by atoms with van der Waals surface area (Å²) < 4.78 is 16.4. The van der Waals surface area contributed by atoms with E-state index in [1.54, 1.807) is 29.2 Å². The zero-order valence-corrected chi connectivity index (χ0v) is 19.8. The maximum atomic E-state index is 12.4. The van der Waals surface area contributed by atoms with Crippen molar-refractivity contribution in [2.24, 2.45) is 5.92 Å². The Labute approximate surface area is 206 Å². The number of esters is 1. The summed E-state index contributed by atoms with van der Waals surface area (Å²) in [6.45, 7) is 1.37. The zero-order chi connectivity index (χ0) is 24.3. The van der Waals surface area contributed by atoms with Crippen LogP contribution in [-0.2, 0) is 27.4 Å². The monoisotopic (exact) mass is 473 g/mol. The van der Waals surface area contributed by atoms with Gasteiger partial charge in [0.25, 0.3) is 5.91 Å². The SMILES string of the molecule is O=C(COc1ccc(OCc2ccccc2)cc1)OCC(=O)N1CCC(Cc2ccccc2)CC1. The Balaban J connectivity index is 1.11. The van der Waals surface area contributed by atoms with Crippen LogP contribution >= 0.6 is 0 Å². The van der Waals surface area contributed by atoms with Crippen molar-refractivity contribution >= 4 is 11.9 Å². The quantitative estimate of drug-likeness (QED) is 0.401. The Morgan fingerprint density at radius 1 is 0.714 bits per heavy atom. The van der Waals surface area contributed by atoms with E-state index < -0.39 is 5.97 Å². The van der Waals surface area contributed by atoms with Crippen molar-refractivity contribution in [2.75, 3.05) is 26.3 Å². The largest absolute Gasteiger partial charge is 0.489 e. The lowest BCUT2D eigenvalue weighted by molar-refractivity contribution is -0.154. The van der Waals surface area contributed by atoms with E-state index in [0.717, 1.165) is 24.8 Å². The van der Waals surface area contributed by atoms with E-state index in [2.05, 4.69) is 24.3 Å². The van der Waals surface area contributed by atoms with Crippen LogP contribution in [0.1, 0.15) is 24.0 Å². The first-order chi connectivity index (χ1) is 17.2. The van der Waals surface area contributed by atoms with Gasteiger partial charge in [-0.15, -0.1) is 0 Å². The lowest BCUT2D eigenvalue weighted by Crippen LogP contribution is -2.41. The summed E-state index contributed by atoms with van der Waals surface area (Å²) in [5.41, 5.74) is 2.42. The number of amides is 1. The minimum Gasteiger partial charge on any atom is -0.489 e. The van der Waals surface area contributed by atoms with Gasteiger partial charge in [0.15, 0.2) is 13.2 Å². The topological polar surface area (TPSA) is 65.1 Å². The van der Waals surface area contributed by atoms with Gasteiger partial charge in [-0.2, -0.15) is 0 Å². The van der Waals surface area contributed by atoms with Gasteiger partial charge in [-0.1, -0.05) is 60.7 Å². The number of ether oxygens (including phenoxy) is 3. The highest BCUT2D eigenvalue weighted by Crippen LogP contribution is 2.22. The number of carbonyl (C=O) groups is 2. The van der Waals surface area contributed by atoms with Crippen molar-refractivity contribution in [1.29, 1.82) is 0 Å². The fourth-order valence-electron chi connectivity index (χ4n) is 4.12. The van der Waals surface area contributed by atoms with Crippen LogP contribution in [0.25, 0.3) is 0 Å². The number of hydrogen-bond donors (Lipinski definition) is 0. The van der Waals surface area contributed by atoms with Gasteiger partial charge in [0.05, 0.1) is 0 Å². The molecule has 6 heteroatoms. The third-order valence-corrected chi connectivity index (χ3v) is 6.12. The van der Waals surface area contributed by atoms with Gasteiger partial charge in [-0.05, 0) is 60.6 Å². The molecule has 1 amide bonds. The smallest absolute Gasteiger partial charge is 0.344 e. The summed E-state index contributed by atoms with van der Waals surface area (Å²) in [5, 5.41) is 0. The van der Waals surface area contributed by atoms with Crippen LogP contribution < -0.4 is 9.47 Å². The maximum Gasteiger partial charge on any atom is 0.344 e. The van der Waals surface area contributed by atoms with E-state index in [1.807, 2.05) is 36.4 Å². The number of rotatable bonds is 10. The molecule has 0 saturated carbocycles. The molecule has 0 bridgehead atoms. The van der Waals surface area contributed by atoms with Crippen LogP contribution in [0.2, 0.25) is 0 Å². The normalized spacial score (nSPS) is 13.8. The van der Waals surface area contributed by atoms with Crippen LogP contribution in [0, 0.1) is 5.92 Å². The Bertz CT molecular complexity index is 1060. The second-order valence-electron chi connectivity index (χ2n) is 8.71.